The molecule has 0 radical (unpaired) electrons. The van der Waals surface area contributed by atoms with Gasteiger partial charge in [0.05, 0.1) is 40.1 Å². The van der Waals surface area contributed by atoms with E-state index in [-0.39, 0.29) is 42.9 Å². The van der Waals surface area contributed by atoms with E-state index in [1.165, 1.54) is 4.90 Å². The second-order valence-corrected chi connectivity index (χ2v) is 15.1. The first-order valence-corrected chi connectivity index (χ1v) is 17.6. The van der Waals surface area contributed by atoms with Crippen molar-refractivity contribution in [2.75, 3.05) is 24.5 Å². The van der Waals surface area contributed by atoms with E-state index in [0.717, 1.165) is 40.2 Å². The second-order valence-electron chi connectivity index (χ2n) is 14.2. The number of carboxylic acid groups (broad SMARTS) is 1. The summed E-state index contributed by atoms with van der Waals surface area (Å²) < 4.78 is 0. The van der Waals surface area contributed by atoms with E-state index >= 15 is 0 Å². The maximum absolute atomic E-state index is 14.1. The zero-order chi connectivity index (χ0) is 35.5. The summed E-state index contributed by atoms with van der Waals surface area (Å²) in [4.78, 5) is 65.4. The van der Waals surface area contributed by atoms with Gasteiger partial charge in [-0.15, -0.1) is 11.3 Å². The summed E-state index contributed by atoms with van der Waals surface area (Å²) in [5.41, 5.74) is 5.00. The smallest absolute Gasteiger partial charge is 0.303 e. The van der Waals surface area contributed by atoms with Gasteiger partial charge in [0.1, 0.15) is 17.8 Å². The summed E-state index contributed by atoms with van der Waals surface area (Å²) in [6, 6.07) is 9.10. The van der Waals surface area contributed by atoms with Crippen LogP contribution in [-0.2, 0) is 14.4 Å². The number of carboxylic acids is 1. The predicted molar refractivity (Wildman–Crippen MR) is 187 cm³/mol. The predicted octanol–water partition coefficient (Wildman–Crippen LogP) is 4.19. The number of benzene rings is 1. The molecular formula is C36H46N6O6S. The molecule has 2 fully saturated rings. The molecule has 2 saturated heterocycles. The minimum absolute atomic E-state index is 0.0211. The van der Waals surface area contributed by atoms with Crippen LogP contribution in [0.15, 0.2) is 48.1 Å². The average molecular weight is 691 g/mol. The number of thiazole rings is 1. The maximum atomic E-state index is 14.1. The Bertz CT molecular complexity index is 1650. The minimum Gasteiger partial charge on any atom is -0.481 e. The van der Waals surface area contributed by atoms with Crippen molar-refractivity contribution >= 4 is 40.7 Å². The van der Waals surface area contributed by atoms with E-state index in [0.29, 0.717) is 13.1 Å². The molecule has 1 aromatic carbocycles. The molecule has 12 nitrogen and oxygen atoms in total. The van der Waals surface area contributed by atoms with Gasteiger partial charge < -0.3 is 30.6 Å². The average Bonchev–Trinajstić information content (AvgIpc) is 3.68. The highest BCUT2D eigenvalue weighted by Crippen LogP contribution is 2.30. The molecule has 2 aliphatic rings. The molecule has 0 saturated carbocycles. The number of anilines is 1. The molecule has 4 atom stereocenters. The topological polar surface area (TPSA) is 165 Å². The molecule has 262 valence electrons. The van der Waals surface area contributed by atoms with Crippen LogP contribution in [0.3, 0.4) is 0 Å². The van der Waals surface area contributed by atoms with Crippen LogP contribution in [0, 0.1) is 18.3 Å². The SMILES string of the molecule is Cc1ncsc1-c1ccc([C@H](C)NC(=O)[C@@H]2C[C@@H](O)CN2C(=O)[C@@H](NC(=O)c2ccc(N3CCC(CC(=O)O)CC3)cn2)C(C)(C)C)cc1. The Morgan fingerprint density at radius 1 is 1.02 bits per heavy atom. The molecule has 0 unspecified atom stereocenters. The highest BCUT2D eigenvalue weighted by Gasteiger charge is 2.45. The van der Waals surface area contributed by atoms with E-state index in [2.05, 4.69) is 25.5 Å². The molecule has 49 heavy (non-hydrogen) atoms. The van der Waals surface area contributed by atoms with Gasteiger partial charge in [-0.3, -0.25) is 19.2 Å². The lowest BCUT2D eigenvalue weighted by molar-refractivity contribution is -0.142. The lowest BCUT2D eigenvalue weighted by Gasteiger charge is -2.35. The number of β-amino-alcohol motifs (C(OH)–C–C–N with tert-alkyl or cyclic N) is 1. The van der Waals surface area contributed by atoms with Crippen LogP contribution in [0.25, 0.3) is 10.4 Å². The summed E-state index contributed by atoms with van der Waals surface area (Å²) in [5, 5.41) is 25.5. The normalized spacial score (nSPS) is 19.7. The molecule has 0 spiro atoms. The number of nitrogens with one attached hydrogen (secondary N) is 2. The molecule has 3 amide bonds. The lowest BCUT2D eigenvalue weighted by atomic mass is 9.85. The van der Waals surface area contributed by atoms with Gasteiger partial charge in [-0.2, -0.15) is 0 Å². The summed E-state index contributed by atoms with van der Waals surface area (Å²) in [6.07, 6.45) is 2.55. The number of likely N-dealkylation sites (tertiary alicyclic amines) is 1. The summed E-state index contributed by atoms with van der Waals surface area (Å²) in [7, 11) is 0. The summed E-state index contributed by atoms with van der Waals surface area (Å²) >= 11 is 1.57. The van der Waals surface area contributed by atoms with Crippen molar-refractivity contribution in [2.45, 2.75) is 84.5 Å². The fourth-order valence-electron chi connectivity index (χ4n) is 6.57. The lowest BCUT2D eigenvalue weighted by Crippen LogP contribution is -2.58. The van der Waals surface area contributed by atoms with Crippen molar-refractivity contribution in [3.63, 3.8) is 0 Å². The Morgan fingerprint density at radius 3 is 2.29 bits per heavy atom. The van der Waals surface area contributed by atoms with Crippen molar-refractivity contribution in [2.24, 2.45) is 11.3 Å². The van der Waals surface area contributed by atoms with Crippen LogP contribution >= 0.6 is 11.3 Å². The Hall–Kier alpha value is -4.36. The van der Waals surface area contributed by atoms with Crippen LogP contribution in [0.1, 0.15) is 81.2 Å². The molecule has 4 N–H and O–H groups in total. The van der Waals surface area contributed by atoms with Crippen LogP contribution in [0.2, 0.25) is 0 Å². The Morgan fingerprint density at radius 2 is 1.71 bits per heavy atom. The van der Waals surface area contributed by atoms with Gasteiger partial charge in [0.25, 0.3) is 5.91 Å². The number of aliphatic hydroxyl groups is 1. The van der Waals surface area contributed by atoms with E-state index in [4.69, 9.17) is 5.11 Å². The molecule has 0 aliphatic carbocycles. The number of aromatic nitrogens is 2. The van der Waals surface area contributed by atoms with Gasteiger partial charge in [0.2, 0.25) is 11.8 Å². The highest BCUT2D eigenvalue weighted by molar-refractivity contribution is 7.13. The van der Waals surface area contributed by atoms with Crippen molar-refractivity contribution in [3.05, 3.63) is 65.1 Å². The third-order valence-corrected chi connectivity index (χ3v) is 10.4. The zero-order valence-corrected chi connectivity index (χ0v) is 29.5. The van der Waals surface area contributed by atoms with E-state index in [9.17, 15) is 24.3 Å². The Kier molecular flexibility index (Phi) is 11.0. The number of carbonyl (C=O) groups is 4. The van der Waals surface area contributed by atoms with Crippen molar-refractivity contribution in [3.8, 4) is 10.4 Å². The third-order valence-electron chi connectivity index (χ3n) is 9.45. The van der Waals surface area contributed by atoms with Gasteiger partial charge in [0, 0.05) is 32.5 Å². The van der Waals surface area contributed by atoms with Gasteiger partial charge in [-0.25, -0.2) is 9.97 Å². The Labute approximate surface area is 290 Å². The molecular weight excluding hydrogens is 644 g/mol. The number of pyridine rings is 1. The van der Waals surface area contributed by atoms with E-state index < -0.39 is 41.4 Å². The number of piperidine rings is 1. The molecule has 4 heterocycles. The van der Waals surface area contributed by atoms with Crippen LogP contribution < -0.4 is 15.5 Å². The van der Waals surface area contributed by atoms with Gasteiger partial charge in [-0.1, -0.05) is 45.0 Å². The number of nitrogens with zero attached hydrogens (tertiary/aromatic N) is 4. The van der Waals surface area contributed by atoms with E-state index in [1.807, 2.05) is 64.4 Å². The number of rotatable bonds is 10. The highest BCUT2D eigenvalue weighted by atomic mass is 32.1. The quantitative estimate of drug-likeness (QED) is 0.244. The van der Waals surface area contributed by atoms with Crippen molar-refractivity contribution in [1.82, 2.24) is 25.5 Å². The number of aliphatic hydroxyl groups excluding tert-OH is 1. The van der Waals surface area contributed by atoms with Gasteiger partial charge >= 0.3 is 5.97 Å². The molecule has 5 rings (SSSR count). The molecule has 13 heteroatoms. The first-order valence-electron chi connectivity index (χ1n) is 16.7. The molecule has 2 aromatic heterocycles. The molecule has 3 aromatic rings. The monoisotopic (exact) mass is 690 g/mol. The largest absolute Gasteiger partial charge is 0.481 e. The van der Waals surface area contributed by atoms with Crippen molar-refractivity contribution in [1.29, 1.82) is 0 Å². The standard InChI is InChI=1S/C36H46N6O6S/c1-21(24-6-8-25(9-7-24)31-22(2)38-20-49-31)39-34(47)29-17-27(43)19-42(29)35(48)32(36(3,4)5)40-33(46)28-11-10-26(18-37-28)41-14-12-23(13-15-41)16-30(44)45/h6-11,18,20-21,23,27,29,32,43H,12-17,19H2,1-5H3,(H,39,47)(H,40,46)(H,44,45)/t21-,27+,29-,32+/m0/s1. The fourth-order valence-corrected chi connectivity index (χ4v) is 7.38. The fraction of sp³-hybridized carbons (Fsp3) is 0.500. The molecule has 2 aliphatic heterocycles. The maximum Gasteiger partial charge on any atom is 0.303 e. The van der Waals surface area contributed by atoms with Crippen LogP contribution in [0.5, 0.6) is 0 Å². The summed E-state index contributed by atoms with van der Waals surface area (Å²) in [6.45, 7) is 10.7. The minimum atomic E-state index is -0.990. The van der Waals surface area contributed by atoms with Crippen LogP contribution in [0.4, 0.5) is 5.69 Å². The van der Waals surface area contributed by atoms with E-state index in [1.54, 1.807) is 29.7 Å². The first-order chi connectivity index (χ1) is 23.2. The van der Waals surface area contributed by atoms with Gasteiger partial charge in [-0.05, 0) is 61.3 Å². The number of hydrogen-bond donors (Lipinski definition) is 4. The number of amides is 3. The van der Waals surface area contributed by atoms with Crippen LogP contribution in [-0.4, -0.2) is 86.6 Å². The van der Waals surface area contributed by atoms with Crippen molar-refractivity contribution < 1.29 is 29.4 Å². The Balaban J connectivity index is 1.22. The second kappa shape index (κ2) is 15.0. The number of hydrogen-bond acceptors (Lipinski definition) is 9. The van der Waals surface area contributed by atoms with Gasteiger partial charge in [0.15, 0.2) is 0 Å². The molecule has 0 bridgehead atoms. The number of aliphatic carboxylic acids is 1. The zero-order valence-electron chi connectivity index (χ0n) is 28.7. The first kappa shape index (κ1) is 35.9. The number of aryl methyl sites for hydroxylation is 1. The number of carbonyl (C=O) groups excluding carboxylic acids is 3. The summed E-state index contributed by atoms with van der Waals surface area (Å²) in [5.74, 6) is -1.97. The third kappa shape index (κ3) is 8.63.